The highest BCUT2D eigenvalue weighted by Crippen LogP contribution is 2.34. The van der Waals surface area contributed by atoms with Gasteiger partial charge in [0.1, 0.15) is 5.75 Å². The van der Waals surface area contributed by atoms with Gasteiger partial charge in [-0.2, -0.15) is 0 Å². The number of rotatable bonds is 5. The van der Waals surface area contributed by atoms with E-state index in [0.717, 1.165) is 5.56 Å². The lowest BCUT2D eigenvalue weighted by Crippen LogP contribution is -1.96. The number of nitrogens with zero attached hydrogens (tertiary/aromatic N) is 1. The van der Waals surface area contributed by atoms with E-state index in [1.807, 2.05) is 6.92 Å². The smallest absolute Gasteiger partial charge is 0.311 e. The van der Waals surface area contributed by atoms with Gasteiger partial charge in [-0.3, -0.25) is 10.1 Å². The van der Waals surface area contributed by atoms with Crippen molar-refractivity contribution < 1.29 is 14.8 Å². The molecule has 0 aromatic heterocycles. The molecule has 0 amide bonds. The van der Waals surface area contributed by atoms with Crippen LogP contribution in [0.15, 0.2) is 42.5 Å². The molecule has 0 saturated heterocycles. The fourth-order valence-electron chi connectivity index (χ4n) is 1.84. The molecule has 2 aromatic carbocycles. The fourth-order valence-corrected chi connectivity index (χ4v) is 2.00. The minimum atomic E-state index is -0.528. The number of hydrogen-bond donors (Lipinski definition) is 1. The van der Waals surface area contributed by atoms with Crippen LogP contribution in [0.5, 0.6) is 11.5 Å². The minimum absolute atomic E-state index is 0.0799. The lowest BCUT2D eigenvalue weighted by atomic mass is 10.1. The van der Waals surface area contributed by atoms with Crippen molar-refractivity contribution in [1.29, 1.82) is 0 Å². The zero-order chi connectivity index (χ0) is 15.4. The molecule has 0 saturated carbocycles. The van der Waals surface area contributed by atoms with Gasteiger partial charge >= 0.3 is 5.69 Å². The highest BCUT2D eigenvalue weighted by atomic mass is 35.5. The predicted molar refractivity (Wildman–Crippen MR) is 79.9 cm³/mol. The molecule has 21 heavy (non-hydrogen) atoms. The molecule has 2 aromatic rings. The third-order valence-electron chi connectivity index (χ3n) is 3.00. The molecule has 0 radical (unpaired) electrons. The average Bonchev–Trinajstić information content (AvgIpc) is 2.47. The van der Waals surface area contributed by atoms with Crippen molar-refractivity contribution in [2.24, 2.45) is 0 Å². The molecule has 0 unspecified atom stereocenters. The van der Waals surface area contributed by atoms with Gasteiger partial charge in [-0.05, 0) is 30.2 Å². The van der Waals surface area contributed by atoms with Gasteiger partial charge in [0.2, 0.25) is 5.75 Å². The van der Waals surface area contributed by atoms with Crippen LogP contribution in [-0.4, -0.2) is 10.0 Å². The number of halogens is 1. The summed E-state index contributed by atoms with van der Waals surface area (Å²) in [5, 5.41) is 21.0. The van der Waals surface area contributed by atoms with Crippen molar-refractivity contribution in [1.82, 2.24) is 0 Å². The molecule has 0 aliphatic rings. The first-order valence-corrected chi connectivity index (χ1v) is 6.79. The van der Waals surface area contributed by atoms with Crippen molar-refractivity contribution >= 4 is 17.3 Å². The van der Waals surface area contributed by atoms with Crippen LogP contribution >= 0.6 is 11.6 Å². The molecule has 110 valence electrons. The number of ether oxygens (including phenoxy) is 1. The van der Waals surface area contributed by atoms with Crippen molar-refractivity contribution in [2.45, 2.75) is 19.4 Å². The third-order valence-corrected chi connectivity index (χ3v) is 3.23. The maximum Gasteiger partial charge on any atom is 0.311 e. The van der Waals surface area contributed by atoms with E-state index in [4.69, 9.17) is 16.3 Å². The summed E-state index contributed by atoms with van der Waals surface area (Å²) in [6.45, 7) is 1.88. The lowest BCUT2D eigenvalue weighted by molar-refractivity contribution is -0.385. The van der Waals surface area contributed by atoms with E-state index in [2.05, 4.69) is 0 Å². The van der Waals surface area contributed by atoms with Crippen LogP contribution in [0.2, 0.25) is 5.02 Å². The van der Waals surface area contributed by atoms with Gasteiger partial charge in [-0.15, -0.1) is 0 Å². The van der Waals surface area contributed by atoms with Gasteiger partial charge in [0.05, 0.1) is 11.0 Å². The van der Waals surface area contributed by atoms with Gasteiger partial charge in [-0.1, -0.05) is 30.7 Å². The Bertz CT molecular complexity index is 643. The Morgan fingerprint density at radius 3 is 2.52 bits per heavy atom. The first-order valence-electron chi connectivity index (χ1n) is 6.41. The molecule has 0 heterocycles. The monoisotopic (exact) mass is 307 g/mol. The molecule has 0 aliphatic heterocycles. The summed E-state index contributed by atoms with van der Waals surface area (Å²) in [7, 11) is 0. The number of nitro groups is 1. The maximum absolute atomic E-state index is 11.0. The van der Waals surface area contributed by atoms with E-state index in [0.29, 0.717) is 17.2 Å². The molecule has 0 aliphatic carbocycles. The lowest BCUT2D eigenvalue weighted by Gasteiger charge is -2.10. The second-order valence-corrected chi connectivity index (χ2v) is 4.90. The van der Waals surface area contributed by atoms with E-state index in [1.54, 1.807) is 24.3 Å². The standard InChI is InChI=1S/C15H14ClNO4/c1-2-14(18)10-3-6-12(7-4-10)21-15-9-11(16)5-8-13(15)17(19)20/h3-9,14,18H,2H2,1H3/t14-/m1/s1. The zero-order valence-electron chi connectivity index (χ0n) is 11.3. The third kappa shape index (κ3) is 3.71. The second-order valence-electron chi connectivity index (χ2n) is 4.46. The molecule has 5 nitrogen and oxygen atoms in total. The van der Waals surface area contributed by atoms with Crippen LogP contribution in [0, 0.1) is 10.1 Å². The second kappa shape index (κ2) is 6.56. The zero-order valence-corrected chi connectivity index (χ0v) is 12.1. The quantitative estimate of drug-likeness (QED) is 0.652. The summed E-state index contributed by atoms with van der Waals surface area (Å²) in [6.07, 6.45) is 0.0829. The van der Waals surface area contributed by atoms with Gasteiger partial charge in [0.25, 0.3) is 0 Å². The van der Waals surface area contributed by atoms with Crippen LogP contribution in [-0.2, 0) is 0 Å². The molecule has 2 rings (SSSR count). The summed E-state index contributed by atoms with van der Waals surface area (Å²) in [5.74, 6) is 0.517. The summed E-state index contributed by atoms with van der Waals surface area (Å²) in [6, 6.07) is 10.9. The molecule has 6 heteroatoms. The fraction of sp³-hybridized carbons (Fsp3) is 0.200. The minimum Gasteiger partial charge on any atom is -0.450 e. The Labute approximate surface area is 126 Å². The summed E-state index contributed by atoms with van der Waals surface area (Å²) < 4.78 is 5.51. The Balaban J connectivity index is 2.26. The average molecular weight is 308 g/mol. The molecular formula is C15H14ClNO4. The summed E-state index contributed by atoms with van der Waals surface area (Å²) >= 11 is 5.84. The Morgan fingerprint density at radius 2 is 1.95 bits per heavy atom. The van der Waals surface area contributed by atoms with Gasteiger partial charge in [-0.25, -0.2) is 0 Å². The van der Waals surface area contributed by atoms with E-state index < -0.39 is 11.0 Å². The van der Waals surface area contributed by atoms with Crippen molar-refractivity contribution in [3.8, 4) is 11.5 Å². The number of benzene rings is 2. The number of nitro benzene ring substituents is 1. The van der Waals surface area contributed by atoms with Crippen LogP contribution < -0.4 is 4.74 Å². The number of aliphatic hydroxyl groups excluding tert-OH is 1. The van der Waals surface area contributed by atoms with Crippen molar-refractivity contribution in [2.75, 3.05) is 0 Å². The number of aliphatic hydroxyl groups is 1. The van der Waals surface area contributed by atoms with E-state index >= 15 is 0 Å². The normalized spacial score (nSPS) is 12.0. The van der Waals surface area contributed by atoms with Gasteiger partial charge in [0.15, 0.2) is 0 Å². The van der Waals surface area contributed by atoms with Gasteiger partial charge in [0, 0.05) is 17.2 Å². The highest BCUT2D eigenvalue weighted by molar-refractivity contribution is 6.30. The Kier molecular flexibility index (Phi) is 4.77. The molecule has 0 fully saturated rings. The predicted octanol–water partition coefficient (Wildman–Crippen LogP) is 4.48. The SMILES string of the molecule is CC[C@@H](O)c1ccc(Oc2cc(Cl)ccc2[N+](=O)[O-])cc1. The molecule has 0 spiro atoms. The number of hydrogen-bond acceptors (Lipinski definition) is 4. The molecular weight excluding hydrogens is 294 g/mol. The largest absolute Gasteiger partial charge is 0.450 e. The first kappa shape index (κ1) is 15.3. The Hall–Kier alpha value is -2.11. The summed E-state index contributed by atoms with van der Waals surface area (Å²) in [4.78, 5) is 10.4. The van der Waals surface area contributed by atoms with E-state index in [9.17, 15) is 15.2 Å². The van der Waals surface area contributed by atoms with Crippen LogP contribution in [0.1, 0.15) is 25.0 Å². The van der Waals surface area contributed by atoms with Crippen LogP contribution in [0.4, 0.5) is 5.69 Å². The summed E-state index contributed by atoms with van der Waals surface area (Å²) in [5.41, 5.74) is 0.613. The molecule has 1 atom stereocenters. The van der Waals surface area contributed by atoms with E-state index in [1.165, 1.54) is 18.2 Å². The van der Waals surface area contributed by atoms with E-state index in [-0.39, 0.29) is 11.4 Å². The topological polar surface area (TPSA) is 72.6 Å². The molecule has 1 N–H and O–H groups in total. The van der Waals surface area contributed by atoms with Crippen LogP contribution in [0.3, 0.4) is 0 Å². The maximum atomic E-state index is 11.0. The van der Waals surface area contributed by atoms with Crippen LogP contribution in [0.25, 0.3) is 0 Å². The van der Waals surface area contributed by atoms with Crippen molar-refractivity contribution in [3.05, 3.63) is 63.2 Å². The molecule has 0 bridgehead atoms. The Morgan fingerprint density at radius 1 is 1.29 bits per heavy atom. The van der Waals surface area contributed by atoms with Gasteiger partial charge < -0.3 is 9.84 Å². The van der Waals surface area contributed by atoms with Crippen molar-refractivity contribution in [3.63, 3.8) is 0 Å². The highest BCUT2D eigenvalue weighted by Gasteiger charge is 2.16. The first-order chi connectivity index (χ1) is 10.0.